The van der Waals surface area contributed by atoms with E-state index in [4.69, 9.17) is 13.9 Å². The van der Waals surface area contributed by atoms with Gasteiger partial charge >= 0.3 is 6.18 Å². The molecular formula is C25H24F3N3O5. The summed E-state index contributed by atoms with van der Waals surface area (Å²) in [6.07, 6.45) is -3.11. The number of ether oxygens (including phenoxy) is 2. The lowest BCUT2D eigenvalue weighted by Crippen LogP contribution is -2.20. The summed E-state index contributed by atoms with van der Waals surface area (Å²) in [7, 11) is 0. The van der Waals surface area contributed by atoms with Crippen LogP contribution in [0, 0.1) is 13.8 Å². The number of halogens is 3. The van der Waals surface area contributed by atoms with E-state index in [-0.39, 0.29) is 11.4 Å². The molecule has 0 saturated carbocycles. The number of furan rings is 1. The Bertz CT molecular complexity index is 1270. The minimum atomic E-state index is -4.52. The number of amides is 2. The average Bonchev–Trinajstić information content (AvgIpc) is 3.16. The first-order valence-corrected chi connectivity index (χ1v) is 10.8. The van der Waals surface area contributed by atoms with Gasteiger partial charge in [-0.15, -0.1) is 0 Å². The lowest BCUT2D eigenvalue weighted by atomic mass is 10.2. The molecule has 36 heavy (non-hydrogen) atoms. The summed E-state index contributed by atoms with van der Waals surface area (Å²) in [5.74, 6) is 0.606. The Morgan fingerprint density at radius 1 is 1.06 bits per heavy atom. The predicted octanol–water partition coefficient (Wildman–Crippen LogP) is 5.10. The monoisotopic (exact) mass is 503 g/mol. The molecule has 1 heterocycles. The smallest absolute Gasteiger partial charge is 0.416 e. The highest BCUT2D eigenvalue weighted by Crippen LogP contribution is 2.31. The molecule has 0 fully saturated rings. The van der Waals surface area contributed by atoms with Gasteiger partial charge in [0.15, 0.2) is 18.1 Å². The third kappa shape index (κ3) is 7.11. The van der Waals surface area contributed by atoms with Crippen LogP contribution in [0.4, 0.5) is 18.9 Å². The van der Waals surface area contributed by atoms with Crippen molar-refractivity contribution in [3.63, 3.8) is 0 Å². The number of hydrogen-bond donors (Lipinski definition) is 2. The number of rotatable bonds is 9. The van der Waals surface area contributed by atoms with E-state index >= 15 is 0 Å². The van der Waals surface area contributed by atoms with Crippen LogP contribution in [0.15, 0.2) is 58.0 Å². The second kappa shape index (κ2) is 11.4. The fraction of sp³-hybridized carbons (Fsp3) is 0.240. The molecule has 0 aliphatic carbocycles. The maximum Gasteiger partial charge on any atom is 0.416 e. The summed E-state index contributed by atoms with van der Waals surface area (Å²) in [5, 5.41) is 6.31. The summed E-state index contributed by atoms with van der Waals surface area (Å²) < 4.78 is 54.9. The lowest BCUT2D eigenvalue weighted by Gasteiger charge is -2.13. The number of aryl methyl sites for hydroxylation is 2. The molecule has 0 radical (unpaired) electrons. The largest absolute Gasteiger partial charge is 0.490 e. The summed E-state index contributed by atoms with van der Waals surface area (Å²) in [4.78, 5) is 24.4. The minimum Gasteiger partial charge on any atom is -0.490 e. The highest BCUT2D eigenvalue weighted by molar-refractivity contribution is 5.96. The third-order valence-electron chi connectivity index (χ3n) is 4.77. The third-order valence-corrected chi connectivity index (χ3v) is 4.77. The van der Waals surface area contributed by atoms with Crippen molar-refractivity contribution in [2.75, 3.05) is 18.5 Å². The van der Waals surface area contributed by atoms with Gasteiger partial charge in [0.25, 0.3) is 11.8 Å². The minimum absolute atomic E-state index is 0.00200. The molecule has 0 spiro atoms. The average molecular weight is 503 g/mol. The Labute approximate surface area is 205 Å². The fourth-order valence-electron chi connectivity index (χ4n) is 3.19. The fourth-order valence-corrected chi connectivity index (χ4v) is 3.19. The van der Waals surface area contributed by atoms with E-state index in [1.54, 1.807) is 45.0 Å². The van der Waals surface area contributed by atoms with Gasteiger partial charge in [-0.05, 0) is 68.8 Å². The number of alkyl halides is 3. The van der Waals surface area contributed by atoms with E-state index in [9.17, 15) is 22.8 Å². The van der Waals surface area contributed by atoms with Gasteiger partial charge < -0.3 is 19.2 Å². The highest BCUT2D eigenvalue weighted by Gasteiger charge is 2.30. The summed E-state index contributed by atoms with van der Waals surface area (Å²) in [6, 6.07) is 10.7. The van der Waals surface area contributed by atoms with Crippen LogP contribution in [0.25, 0.3) is 0 Å². The molecular weight excluding hydrogens is 479 g/mol. The van der Waals surface area contributed by atoms with Crippen molar-refractivity contribution in [3.05, 3.63) is 76.7 Å². The van der Waals surface area contributed by atoms with Crippen LogP contribution in [-0.4, -0.2) is 31.2 Å². The molecule has 0 atom stereocenters. The van der Waals surface area contributed by atoms with E-state index in [1.165, 1.54) is 18.3 Å². The van der Waals surface area contributed by atoms with E-state index in [0.29, 0.717) is 35.0 Å². The van der Waals surface area contributed by atoms with Gasteiger partial charge in [-0.1, -0.05) is 6.07 Å². The Balaban J connectivity index is 1.61. The topological polar surface area (TPSA) is 102 Å². The first-order chi connectivity index (χ1) is 17.1. The van der Waals surface area contributed by atoms with Crippen molar-refractivity contribution in [3.8, 4) is 11.5 Å². The van der Waals surface area contributed by atoms with Crippen molar-refractivity contribution >= 4 is 23.7 Å². The molecule has 1 aromatic heterocycles. The normalized spacial score (nSPS) is 11.4. The molecule has 0 unspecified atom stereocenters. The number of carbonyl (C=O) groups excluding carboxylic acids is 2. The molecule has 0 aliphatic rings. The van der Waals surface area contributed by atoms with Gasteiger partial charge in [0.05, 0.1) is 23.9 Å². The zero-order valence-electron chi connectivity index (χ0n) is 19.7. The number of hydrogen-bond acceptors (Lipinski definition) is 6. The van der Waals surface area contributed by atoms with Crippen molar-refractivity contribution in [1.82, 2.24) is 5.43 Å². The van der Waals surface area contributed by atoms with Gasteiger partial charge in [0, 0.05) is 5.69 Å². The molecule has 0 bridgehead atoms. The molecule has 0 saturated heterocycles. The zero-order valence-corrected chi connectivity index (χ0v) is 19.7. The number of nitrogens with one attached hydrogen (secondary N) is 2. The number of nitrogens with zero attached hydrogens (tertiary/aromatic N) is 1. The highest BCUT2D eigenvalue weighted by atomic mass is 19.4. The molecule has 2 N–H and O–H groups in total. The second-order valence-electron chi connectivity index (χ2n) is 7.58. The van der Waals surface area contributed by atoms with E-state index in [0.717, 1.165) is 12.1 Å². The van der Waals surface area contributed by atoms with Crippen LogP contribution in [0.3, 0.4) is 0 Å². The van der Waals surface area contributed by atoms with Gasteiger partial charge in [0.1, 0.15) is 11.5 Å². The zero-order chi connectivity index (χ0) is 26.3. The number of benzene rings is 2. The lowest BCUT2D eigenvalue weighted by molar-refractivity contribution is -0.137. The summed E-state index contributed by atoms with van der Waals surface area (Å²) >= 11 is 0. The summed E-state index contributed by atoms with van der Waals surface area (Å²) in [6.45, 7) is 5.03. The van der Waals surface area contributed by atoms with E-state index in [2.05, 4.69) is 15.8 Å². The van der Waals surface area contributed by atoms with Gasteiger partial charge in [-0.3, -0.25) is 9.59 Å². The number of carbonyl (C=O) groups is 2. The molecule has 11 heteroatoms. The number of hydrazone groups is 1. The standard InChI is InChI=1S/C25H24F3N3O5/c1-4-34-22-11-17(13-29-31-24(33)20-10-15(2)36-16(20)3)8-9-21(22)35-14-23(32)30-19-7-5-6-18(12-19)25(26,27)28/h5-13H,4,14H2,1-3H3,(H,30,32)(H,31,33). The van der Waals surface area contributed by atoms with Crippen molar-refractivity contribution in [2.24, 2.45) is 5.10 Å². The van der Waals surface area contributed by atoms with Crippen molar-refractivity contribution in [1.29, 1.82) is 0 Å². The number of anilines is 1. The second-order valence-corrected chi connectivity index (χ2v) is 7.58. The van der Waals surface area contributed by atoms with E-state index in [1.807, 2.05) is 0 Å². The molecule has 190 valence electrons. The molecule has 2 aromatic carbocycles. The molecule has 2 amide bonds. The van der Waals surface area contributed by atoms with Gasteiger partial charge in [0.2, 0.25) is 0 Å². The first kappa shape index (κ1) is 26.3. The summed E-state index contributed by atoms with van der Waals surface area (Å²) in [5.41, 5.74) is 2.51. The predicted molar refractivity (Wildman–Crippen MR) is 126 cm³/mol. The van der Waals surface area contributed by atoms with Crippen molar-refractivity contribution in [2.45, 2.75) is 26.9 Å². The molecule has 0 aliphatic heterocycles. The molecule has 3 aromatic rings. The Morgan fingerprint density at radius 3 is 2.50 bits per heavy atom. The first-order valence-electron chi connectivity index (χ1n) is 10.8. The maximum atomic E-state index is 12.9. The van der Waals surface area contributed by atoms with Crippen LogP contribution in [0.2, 0.25) is 0 Å². The van der Waals surface area contributed by atoms with Crippen LogP contribution < -0.4 is 20.2 Å². The SMILES string of the molecule is CCOc1cc(C=NNC(=O)c2cc(C)oc2C)ccc1OCC(=O)Nc1cccc(C(F)(F)F)c1. The Kier molecular flexibility index (Phi) is 8.36. The van der Waals surface area contributed by atoms with Crippen LogP contribution in [0.1, 0.15) is 39.9 Å². The Hall–Kier alpha value is -4.28. The van der Waals surface area contributed by atoms with Crippen LogP contribution in [-0.2, 0) is 11.0 Å². The van der Waals surface area contributed by atoms with E-state index < -0.39 is 30.2 Å². The van der Waals surface area contributed by atoms with Crippen LogP contribution in [0.5, 0.6) is 11.5 Å². The molecule has 3 rings (SSSR count). The van der Waals surface area contributed by atoms with Gasteiger partial charge in [-0.25, -0.2) is 5.43 Å². The maximum absolute atomic E-state index is 12.9. The van der Waals surface area contributed by atoms with Crippen molar-refractivity contribution < 1.29 is 36.7 Å². The van der Waals surface area contributed by atoms with Crippen LogP contribution >= 0.6 is 0 Å². The quantitative estimate of drug-likeness (QED) is 0.313. The molecule has 8 nitrogen and oxygen atoms in total. The van der Waals surface area contributed by atoms with Gasteiger partial charge in [-0.2, -0.15) is 18.3 Å². The Morgan fingerprint density at radius 2 is 1.83 bits per heavy atom.